The maximum atomic E-state index is 11.8. The summed E-state index contributed by atoms with van der Waals surface area (Å²) < 4.78 is 5.80. The van der Waals surface area contributed by atoms with Gasteiger partial charge in [-0.25, -0.2) is 4.79 Å². The largest absolute Gasteiger partial charge is 0.496 e. The second-order valence-electron chi connectivity index (χ2n) is 4.36. The Morgan fingerprint density at radius 3 is 2.50 bits per heavy atom. The first kappa shape index (κ1) is 16.3. The highest BCUT2D eigenvalue weighted by Gasteiger charge is 2.20. The van der Waals surface area contributed by atoms with Crippen LogP contribution in [0.15, 0.2) is 22.7 Å². The number of benzene rings is 1. The summed E-state index contributed by atoms with van der Waals surface area (Å²) in [4.78, 5) is 22.6. The molecular formula is C13H17BrN2O4. The Hall–Kier alpha value is -1.76. The molecule has 110 valence electrons. The first-order valence-electron chi connectivity index (χ1n) is 5.99. The third kappa shape index (κ3) is 4.41. The van der Waals surface area contributed by atoms with Gasteiger partial charge in [-0.2, -0.15) is 0 Å². The van der Waals surface area contributed by atoms with Crippen molar-refractivity contribution in [1.29, 1.82) is 0 Å². The van der Waals surface area contributed by atoms with E-state index < -0.39 is 24.0 Å². The Kier molecular flexibility index (Phi) is 5.82. The molecule has 2 amide bonds. The van der Waals surface area contributed by atoms with E-state index in [9.17, 15) is 9.59 Å². The fourth-order valence-corrected chi connectivity index (χ4v) is 2.00. The fourth-order valence-electron chi connectivity index (χ4n) is 1.46. The highest BCUT2D eigenvalue weighted by Crippen LogP contribution is 2.27. The molecule has 3 N–H and O–H groups in total. The first-order valence-corrected chi connectivity index (χ1v) is 6.78. The van der Waals surface area contributed by atoms with Crippen LogP contribution in [-0.2, 0) is 4.79 Å². The van der Waals surface area contributed by atoms with E-state index >= 15 is 0 Å². The number of rotatable bonds is 5. The monoisotopic (exact) mass is 344 g/mol. The third-order valence-electron chi connectivity index (χ3n) is 2.91. The predicted octanol–water partition coefficient (Wildman–Crippen LogP) is 2.69. The average molecular weight is 345 g/mol. The number of nitrogens with one attached hydrogen (secondary N) is 2. The van der Waals surface area contributed by atoms with E-state index in [-0.39, 0.29) is 0 Å². The van der Waals surface area contributed by atoms with Crippen molar-refractivity contribution in [3.05, 3.63) is 22.7 Å². The second-order valence-corrected chi connectivity index (χ2v) is 5.22. The van der Waals surface area contributed by atoms with Crippen molar-refractivity contribution >= 4 is 33.6 Å². The van der Waals surface area contributed by atoms with Crippen LogP contribution >= 0.6 is 15.9 Å². The average Bonchev–Trinajstić information content (AvgIpc) is 2.37. The number of carbonyl (C=O) groups is 2. The lowest BCUT2D eigenvalue weighted by atomic mass is 10.0. The van der Waals surface area contributed by atoms with Crippen LogP contribution in [0.2, 0.25) is 0 Å². The maximum absolute atomic E-state index is 11.8. The highest BCUT2D eigenvalue weighted by atomic mass is 79.9. The number of amides is 2. The van der Waals surface area contributed by atoms with Crippen molar-refractivity contribution in [3.63, 3.8) is 0 Å². The van der Waals surface area contributed by atoms with Crippen LogP contribution in [-0.4, -0.2) is 30.3 Å². The van der Waals surface area contributed by atoms with E-state index in [0.29, 0.717) is 15.9 Å². The van der Waals surface area contributed by atoms with Crippen LogP contribution in [0.25, 0.3) is 0 Å². The lowest BCUT2D eigenvalue weighted by Crippen LogP contribution is -2.42. The Labute approximate surface area is 125 Å². The zero-order chi connectivity index (χ0) is 15.3. The quantitative estimate of drug-likeness (QED) is 0.766. The van der Waals surface area contributed by atoms with E-state index in [2.05, 4.69) is 26.6 Å². The molecule has 0 fully saturated rings. The van der Waals surface area contributed by atoms with Crippen LogP contribution in [0.1, 0.15) is 13.8 Å². The SMILES string of the molecule is COc1ccc(NC(=O)NC(C)C(C)C(=O)O)cc1Br. The number of hydrogen-bond acceptors (Lipinski definition) is 3. The molecule has 20 heavy (non-hydrogen) atoms. The highest BCUT2D eigenvalue weighted by molar-refractivity contribution is 9.10. The van der Waals surface area contributed by atoms with Gasteiger partial charge >= 0.3 is 12.0 Å². The summed E-state index contributed by atoms with van der Waals surface area (Å²) in [5, 5.41) is 14.1. The molecule has 0 radical (unpaired) electrons. The van der Waals surface area contributed by atoms with Gasteiger partial charge in [0.25, 0.3) is 0 Å². The number of carboxylic acid groups (broad SMARTS) is 1. The molecule has 7 heteroatoms. The molecule has 0 heterocycles. The van der Waals surface area contributed by atoms with E-state index in [1.165, 1.54) is 6.92 Å². The first-order chi connectivity index (χ1) is 9.35. The van der Waals surface area contributed by atoms with Crippen molar-refractivity contribution in [2.24, 2.45) is 5.92 Å². The van der Waals surface area contributed by atoms with Crippen LogP contribution in [0.4, 0.5) is 10.5 Å². The summed E-state index contributed by atoms with van der Waals surface area (Å²) in [6.07, 6.45) is 0. The van der Waals surface area contributed by atoms with E-state index in [0.717, 1.165) is 0 Å². The minimum Gasteiger partial charge on any atom is -0.496 e. The molecule has 0 spiro atoms. The Balaban J connectivity index is 2.63. The molecule has 1 rings (SSSR count). The minimum absolute atomic E-state index is 0.456. The predicted molar refractivity (Wildman–Crippen MR) is 79.1 cm³/mol. The summed E-state index contributed by atoms with van der Waals surface area (Å²) in [6.45, 7) is 3.18. The molecule has 0 saturated heterocycles. The standard InChI is InChI=1S/C13H17BrN2O4/c1-7(12(17)18)8(2)15-13(19)16-9-4-5-11(20-3)10(14)6-9/h4-8H,1-3H3,(H,17,18)(H2,15,16,19). The molecule has 2 unspecified atom stereocenters. The number of ether oxygens (including phenoxy) is 1. The van der Waals surface area contributed by atoms with Crippen LogP contribution < -0.4 is 15.4 Å². The number of carbonyl (C=O) groups excluding carboxylic acids is 1. The van der Waals surface area contributed by atoms with Crippen molar-refractivity contribution in [2.45, 2.75) is 19.9 Å². The molecule has 0 saturated carbocycles. The van der Waals surface area contributed by atoms with Gasteiger partial charge in [0.1, 0.15) is 5.75 Å². The lowest BCUT2D eigenvalue weighted by Gasteiger charge is -2.18. The van der Waals surface area contributed by atoms with Gasteiger partial charge in [-0.15, -0.1) is 0 Å². The van der Waals surface area contributed by atoms with Crippen LogP contribution in [0.5, 0.6) is 5.75 Å². The zero-order valence-corrected chi connectivity index (χ0v) is 13.0. The van der Waals surface area contributed by atoms with Crippen LogP contribution in [0, 0.1) is 5.92 Å². The molecule has 0 aliphatic heterocycles. The molecule has 0 aromatic heterocycles. The molecule has 2 atom stereocenters. The fraction of sp³-hybridized carbons (Fsp3) is 0.385. The summed E-state index contributed by atoms with van der Waals surface area (Å²) in [6, 6.07) is 4.16. The Morgan fingerprint density at radius 1 is 1.35 bits per heavy atom. The minimum atomic E-state index is -0.954. The molecule has 0 aliphatic carbocycles. The third-order valence-corrected chi connectivity index (χ3v) is 3.53. The van der Waals surface area contributed by atoms with Gasteiger partial charge in [0.2, 0.25) is 0 Å². The van der Waals surface area contributed by atoms with Gasteiger partial charge in [0.05, 0.1) is 17.5 Å². The van der Waals surface area contributed by atoms with Crippen molar-refractivity contribution in [1.82, 2.24) is 5.32 Å². The Bertz CT molecular complexity index is 507. The number of hydrogen-bond donors (Lipinski definition) is 3. The molecule has 0 bridgehead atoms. The van der Waals surface area contributed by atoms with Gasteiger partial charge < -0.3 is 20.5 Å². The van der Waals surface area contributed by atoms with E-state index in [1.54, 1.807) is 32.2 Å². The summed E-state index contributed by atoms with van der Waals surface area (Å²) in [5.41, 5.74) is 0.574. The molecule has 0 aliphatic rings. The number of aliphatic carboxylic acids is 1. The summed E-state index contributed by atoms with van der Waals surface area (Å²) >= 11 is 3.32. The second kappa shape index (κ2) is 7.14. The molecule has 6 nitrogen and oxygen atoms in total. The molecular weight excluding hydrogens is 328 g/mol. The van der Waals surface area contributed by atoms with Gasteiger partial charge in [-0.3, -0.25) is 4.79 Å². The normalized spacial score (nSPS) is 13.2. The maximum Gasteiger partial charge on any atom is 0.319 e. The van der Waals surface area contributed by atoms with Crippen molar-refractivity contribution < 1.29 is 19.4 Å². The number of anilines is 1. The molecule has 1 aromatic carbocycles. The Morgan fingerprint density at radius 2 is 2.00 bits per heavy atom. The molecule has 1 aromatic rings. The topological polar surface area (TPSA) is 87.7 Å². The lowest BCUT2D eigenvalue weighted by molar-refractivity contribution is -0.141. The summed E-state index contributed by atoms with van der Waals surface area (Å²) in [7, 11) is 1.55. The number of carboxylic acids is 1. The van der Waals surface area contributed by atoms with E-state index in [4.69, 9.17) is 9.84 Å². The number of methoxy groups -OCH3 is 1. The van der Waals surface area contributed by atoms with Crippen molar-refractivity contribution in [2.75, 3.05) is 12.4 Å². The van der Waals surface area contributed by atoms with Gasteiger partial charge in [-0.1, -0.05) is 0 Å². The zero-order valence-electron chi connectivity index (χ0n) is 11.4. The van der Waals surface area contributed by atoms with Gasteiger partial charge in [0.15, 0.2) is 0 Å². The van der Waals surface area contributed by atoms with Crippen LogP contribution in [0.3, 0.4) is 0 Å². The van der Waals surface area contributed by atoms with Crippen molar-refractivity contribution in [3.8, 4) is 5.75 Å². The van der Waals surface area contributed by atoms with Gasteiger partial charge in [0, 0.05) is 11.7 Å². The number of halogens is 1. The van der Waals surface area contributed by atoms with E-state index in [1.807, 2.05) is 0 Å². The summed E-state index contributed by atoms with van der Waals surface area (Å²) in [5.74, 6) is -0.961. The number of urea groups is 1. The van der Waals surface area contributed by atoms with Gasteiger partial charge in [-0.05, 0) is 48.0 Å². The smallest absolute Gasteiger partial charge is 0.319 e.